The number of nitrogens with zero attached hydrogens (tertiary/aromatic N) is 1. The molecule has 3 N–H and O–H groups in total. The molecule has 0 aliphatic rings. The van der Waals surface area contributed by atoms with Crippen molar-refractivity contribution in [3.63, 3.8) is 0 Å². The summed E-state index contributed by atoms with van der Waals surface area (Å²) in [6, 6.07) is 8.68. The fraction of sp³-hybridized carbons (Fsp3) is 0.588. The van der Waals surface area contributed by atoms with E-state index >= 15 is 0 Å². The van der Waals surface area contributed by atoms with Crippen molar-refractivity contribution in [1.82, 2.24) is 5.32 Å². The molecule has 0 bridgehead atoms. The van der Waals surface area contributed by atoms with Crippen LogP contribution in [-0.4, -0.2) is 30.6 Å². The predicted molar refractivity (Wildman–Crippen MR) is 89.6 cm³/mol. The van der Waals surface area contributed by atoms with Gasteiger partial charge in [0, 0.05) is 24.8 Å². The third-order valence-corrected chi connectivity index (χ3v) is 3.81. The van der Waals surface area contributed by atoms with Crippen LogP contribution >= 0.6 is 0 Å². The number of anilines is 1. The average molecular weight is 291 g/mol. The molecule has 1 atom stereocenters. The summed E-state index contributed by atoms with van der Waals surface area (Å²) in [5.74, 6) is -0.295. The molecule has 21 heavy (non-hydrogen) atoms. The van der Waals surface area contributed by atoms with Crippen LogP contribution in [0.25, 0.3) is 0 Å². The van der Waals surface area contributed by atoms with Gasteiger partial charge in [0.25, 0.3) is 0 Å². The zero-order valence-electron chi connectivity index (χ0n) is 13.9. The Bertz CT molecular complexity index is 456. The maximum Gasteiger partial charge on any atom is 0.237 e. The lowest BCUT2D eigenvalue weighted by Crippen LogP contribution is -2.56. The van der Waals surface area contributed by atoms with E-state index < -0.39 is 5.54 Å². The first-order valence-electron chi connectivity index (χ1n) is 7.67. The fourth-order valence-corrected chi connectivity index (χ4v) is 2.49. The lowest BCUT2D eigenvalue weighted by molar-refractivity contribution is -0.124. The molecule has 1 unspecified atom stereocenters. The van der Waals surface area contributed by atoms with Crippen LogP contribution in [0.2, 0.25) is 0 Å². The van der Waals surface area contributed by atoms with Gasteiger partial charge in [0.15, 0.2) is 0 Å². The van der Waals surface area contributed by atoms with Gasteiger partial charge in [0.1, 0.15) is 0 Å². The van der Waals surface area contributed by atoms with E-state index in [2.05, 4.69) is 48.3 Å². The Morgan fingerprint density at radius 3 is 2.33 bits per heavy atom. The van der Waals surface area contributed by atoms with E-state index in [0.717, 1.165) is 13.1 Å². The number of hydrogen-bond acceptors (Lipinski definition) is 3. The van der Waals surface area contributed by atoms with Crippen molar-refractivity contribution < 1.29 is 4.79 Å². The number of carbonyl (C=O) groups is 1. The number of aryl methyl sites for hydroxylation is 1. The van der Waals surface area contributed by atoms with Crippen LogP contribution in [0.5, 0.6) is 0 Å². The molecule has 1 amide bonds. The number of nitrogens with two attached hydrogens (primary N) is 1. The highest BCUT2D eigenvalue weighted by Gasteiger charge is 2.31. The van der Waals surface area contributed by atoms with Crippen LogP contribution in [0.4, 0.5) is 5.69 Å². The molecule has 0 fully saturated rings. The van der Waals surface area contributed by atoms with Crippen LogP contribution in [0, 0.1) is 6.92 Å². The second-order valence-corrected chi connectivity index (χ2v) is 6.16. The molecule has 0 aliphatic heterocycles. The second kappa shape index (κ2) is 7.46. The quantitative estimate of drug-likeness (QED) is 0.773. The highest BCUT2D eigenvalue weighted by Crippen LogP contribution is 2.18. The molecule has 4 heteroatoms. The lowest BCUT2D eigenvalue weighted by atomic mass is 9.95. The van der Waals surface area contributed by atoms with Gasteiger partial charge < -0.3 is 16.0 Å². The first-order chi connectivity index (χ1) is 9.78. The zero-order chi connectivity index (χ0) is 16.0. The highest BCUT2D eigenvalue weighted by molar-refractivity contribution is 5.84. The molecule has 0 radical (unpaired) electrons. The Labute approximate surface area is 128 Å². The number of nitrogens with one attached hydrogen (secondary N) is 1. The van der Waals surface area contributed by atoms with Crippen molar-refractivity contribution in [2.24, 2.45) is 5.73 Å². The van der Waals surface area contributed by atoms with Gasteiger partial charge >= 0.3 is 0 Å². The Balaban J connectivity index is 2.76. The smallest absolute Gasteiger partial charge is 0.237 e. The van der Waals surface area contributed by atoms with E-state index in [-0.39, 0.29) is 11.9 Å². The van der Waals surface area contributed by atoms with E-state index in [0.29, 0.717) is 6.42 Å². The molecule has 0 heterocycles. The molecular weight excluding hydrogens is 262 g/mol. The molecule has 4 nitrogen and oxygen atoms in total. The van der Waals surface area contributed by atoms with Gasteiger partial charge in [-0.25, -0.2) is 0 Å². The van der Waals surface area contributed by atoms with E-state index in [9.17, 15) is 4.79 Å². The number of rotatable bonds is 8. The molecule has 1 aromatic carbocycles. The van der Waals surface area contributed by atoms with E-state index in [1.807, 2.05) is 20.8 Å². The van der Waals surface area contributed by atoms with Crippen molar-refractivity contribution in [1.29, 1.82) is 0 Å². The Hall–Kier alpha value is -1.55. The van der Waals surface area contributed by atoms with E-state index in [1.165, 1.54) is 11.3 Å². The molecule has 0 saturated heterocycles. The molecule has 0 spiro atoms. The summed E-state index contributed by atoms with van der Waals surface area (Å²) in [5.41, 5.74) is 7.34. The summed E-state index contributed by atoms with van der Waals surface area (Å²) < 4.78 is 0. The number of carbonyl (C=O) groups excluding carboxylic acids is 1. The van der Waals surface area contributed by atoms with E-state index in [1.54, 1.807) is 0 Å². The fourth-order valence-electron chi connectivity index (χ4n) is 2.49. The molecule has 0 aliphatic carbocycles. The SMILES string of the molecule is CCN(CCC(C)(NC(C)C)C(N)=O)c1ccc(C)cc1. The number of hydrogen-bond donors (Lipinski definition) is 2. The average Bonchev–Trinajstić information content (AvgIpc) is 2.40. The molecule has 118 valence electrons. The minimum Gasteiger partial charge on any atom is -0.372 e. The second-order valence-electron chi connectivity index (χ2n) is 6.16. The minimum absolute atomic E-state index is 0.219. The van der Waals surface area contributed by atoms with Crippen LogP contribution < -0.4 is 16.0 Å². The summed E-state index contributed by atoms with van der Waals surface area (Å²) in [6.07, 6.45) is 0.683. The molecule has 1 aromatic rings. The number of primary amides is 1. The van der Waals surface area contributed by atoms with Gasteiger partial charge in [-0.05, 0) is 53.2 Å². The topological polar surface area (TPSA) is 58.4 Å². The summed E-state index contributed by atoms with van der Waals surface area (Å²) in [7, 11) is 0. The van der Waals surface area contributed by atoms with Crippen molar-refractivity contribution in [2.75, 3.05) is 18.0 Å². The van der Waals surface area contributed by atoms with Gasteiger partial charge in [-0.2, -0.15) is 0 Å². The van der Waals surface area contributed by atoms with Crippen molar-refractivity contribution in [2.45, 2.75) is 52.6 Å². The Morgan fingerprint density at radius 2 is 1.90 bits per heavy atom. The first kappa shape index (κ1) is 17.5. The summed E-state index contributed by atoms with van der Waals surface area (Å²) in [6.45, 7) is 11.8. The maximum absolute atomic E-state index is 11.8. The van der Waals surface area contributed by atoms with Gasteiger partial charge in [-0.1, -0.05) is 17.7 Å². The standard InChI is InChI=1S/C17H29N3O/c1-6-20(15-9-7-14(4)8-10-15)12-11-17(5,16(18)21)19-13(2)3/h7-10,13,19H,6,11-12H2,1-5H3,(H2,18,21). The lowest BCUT2D eigenvalue weighted by Gasteiger charge is -2.33. The summed E-state index contributed by atoms with van der Waals surface area (Å²) in [4.78, 5) is 14.0. The van der Waals surface area contributed by atoms with Crippen LogP contribution in [0.3, 0.4) is 0 Å². The normalized spacial score (nSPS) is 14.0. The third kappa shape index (κ3) is 5.05. The molecule has 1 rings (SSSR count). The van der Waals surface area contributed by atoms with Crippen LogP contribution in [0.15, 0.2) is 24.3 Å². The van der Waals surface area contributed by atoms with Crippen molar-refractivity contribution >= 4 is 11.6 Å². The van der Waals surface area contributed by atoms with Gasteiger partial charge in [0.05, 0.1) is 5.54 Å². The minimum atomic E-state index is -0.674. The van der Waals surface area contributed by atoms with Crippen molar-refractivity contribution in [3.8, 4) is 0 Å². The summed E-state index contributed by atoms with van der Waals surface area (Å²) >= 11 is 0. The molecule has 0 saturated carbocycles. The highest BCUT2D eigenvalue weighted by atomic mass is 16.1. The Kier molecular flexibility index (Phi) is 6.21. The van der Waals surface area contributed by atoms with Gasteiger partial charge in [0.2, 0.25) is 5.91 Å². The van der Waals surface area contributed by atoms with Crippen LogP contribution in [-0.2, 0) is 4.79 Å². The largest absolute Gasteiger partial charge is 0.372 e. The maximum atomic E-state index is 11.8. The Morgan fingerprint density at radius 1 is 1.33 bits per heavy atom. The van der Waals surface area contributed by atoms with Crippen LogP contribution in [0.1, 0.15) is 39.7 Å². The van der Waals surface area contributed by atoms with Gasteiger partial charge in [-0.15, -0.1) is 0 Å². The molecular formula is C17H29N3O. The van der Waals surface area contributed by atoms with Crippen molar-refractivity contribution in [3.05, 3.63) is 29.8 Å². The third-order valence-electron chi connectivity index (χ3n) is 3.81. The first-order valence-corrected chi connectivity index (χ1v) is 7.67. The number of benzene rings is 1. The van der Waals surface area contributed by atoms with Gasteiger partial charge in [-0.3, -0.25) is 4.79 Å². The monoisotopic (exact) mass is 291 g/mol. The zero-order valence-corrected chi connectivity index (χ0v) is 13.9. The van der Waals surface area contributed by atoms with E-state index in [4.69, 9.17) is 5.73 Å². The number of amides is 1. The predicted octanol–water partition coefficient (Wildman–Crippen LogP) is 2.45. The summed E-state index contributed by atoms with van der Waals surface area (Å²) in [5, 5.41) is 3.29. The molecule has 0 aromatic heterocycles.